The van der Waals surface area contributed by atoms with Crippen molar-refractivity contribution in [1.82, 2.24) is 5.32 Å². The van der Waals surface area contributed by atoms with Gasteiger partial charge in [-0.05, 0) is 13.3 Å². The van der Waals surface area contributed by atoms with E-state index in [1.807, 2.05) is 0 Å². The Morgan fingerprint density at radius 2 is 1.55 bits per heavy atom. The molecule has 0 heterocycles. The Morgan fingerprint density at radius 3 is 2.10 bits per heavy atom. The molecule has 20 heavy (non-hydrogen) atoms. The number of unbranched alkanes of at least 4 members (excludes halogenated alkanes) is 7. The highest BCUT2D eigenvalue weighted by molar-refractivity contribution is 5.89. The molecule has 0 fully saturated rings. The molecule has 0 saturated heterocycles. The van der Waals surface area contributed by atoms with Crippen LogP contribution in [-0.4, -0.2) is 25.0 Å². The number of carbonyl (C=O) groups excluding carboxylic acids is 2. The average molecular weight is 283 g/mol. The van der Waals surface area contributed by atoms with Gasteiger partial charge in [0, 0.05) is 12.1 Å². The van der Waals surface area contributed by atoms with Gasteiger partial charge in [0.05, 0.1) is 0 Å². The molecule has 0 aromatic rings. The van der Waals surface area contributed by atoms with Crippen LogP contribution in [0.25, 0.3) is 0 Å². The van der Waals surface area contributed by atoms with E-state index in [4.69, 9.17) is 4.74 Å². The quantitative estimate of drug-likeness (QED) is 0.339. The van der Waals surface area contributed by atoms with Crippen LogP contribution >= 0.6 is 0 Å². The molecule has 0 aliphatic heterocycles. The Hall–Kier alpha value is -1.32. The molecule has 0 rings (SSSR count). The number of carbonyl (C=O) groups is 2. The van der Waals surface area contributed by atoms with Gasteiger partial charge in [0.25, 0.3) is 5.91 Å². The van der Waals surface area contributed by atoms with Crippen LogP contribution in [0.5, 0.6) is 0 Å². The topological polar surface area (TPSA) is 55.4 Å². The SMILES string of the molecule is C=C(C)C(=O)OCC(=O)NCCCCCCCCCC. The lowest BCUT2D eigenvalue weighted by Gasteiger charge is -2.06. The van der Waals surface area contributed by atoms with Crippen LogP contribution in [0, 0.1) is 0 Å². The Labute approximate surface area is 123 Å². The second-order valence-electron chi connectivity index (χ2n) is 5.18. The molecular formula is C16H29NO3. The first-order valence-corrected chi connectivity index (χ1v) is 7.67. The Kier molecular flexibility index (Phi) is 11.9. The van der Waals surface area contributed by atoms with E-state index in [0.717, 1.165) is 12.8 Å². The van der Waals surface area contributed by atoms with Crippen molar-refractivity contribution < 1.29 is 14.3 Å². The van der Waals surface area contributed by atoms with Gasteiger partial charge in [0.2, 0.25) is 0 Å². The summed E-state index contributed by atoms with van der Waals surface area (Å²) in [5, 5.41) is 2.74. The number of ether oxygens (including phenoxy) is 1. The van der Waals surface area contributed by atoms with Crippen molar-refractivity contribution in [3.05, 3.63) is 12.2 Å². The van der Waals surface area contributed by atoms with Crippen molar-refractivity contribution >= 4 is 11.9 Å². The third-order valence-corrected chi connectivity index (χ3v) is 3.04. The molecule has 0 saturated carbocycles. The summed E-state index contributed by atoms with van der Waals surface area (Å²) >= 11 is 0. The highest BCUT2D eigenvalue weighted by Crippen LogP contribution is 2.07. The van der Waals surface area contributed by atoms with E-state index in [2.05, 4.69) is 18.8 Å². The van der Waals surface area contributed by atoms with Gasteiger partial charge in [-0.3, -0.25) is 4.79 Å². The Morgan fingerprint density at radius 1 is 1.00 bits per heavy atom. The van der Waals surface area contributed by atoms with Gasteiger partial charge in [-0.2, -0.15) is 0 Å². The van der Waals surface area contributed by atoms with E-state index in [0.29, 0.717) is 12.1 Å². The third kappa shape index (κ3) is 11.8. The van der Waals surface area contributed by atoms with Crippen LogP contribution in [0.3, 0.4) is 0 Å². The van der Waals surface area contributed by atoms with Gasteiger partial charge in [-0.15, -0.1) is 0 Å². The maximum absolute atomic E-state index is 11.4. The molecule has 0 aromatic heterocycles. The lowest BCUT2D eigenvalue weighted by molar-refractivity contribution is -0.144. The second-order valence-corrected chi connectivity index (χ2v) is 5.18. The van der Waals surface area contributed by atoms with Gasteiger partial charge in [0.1, 0.15) is 0 Å². The molecule has 4 nitrogen and oxygen atoms in total. The van der Waals surface area contributed by atoms with Crippen molar-refractivity contribution in [3.63, 3.8) is 0 Å². The van der Waals surface area contributed by atoms with Gasteiger partial charge < -0.3 is 10.1 Å². The van der Waals surface area contributed by atoms with Gasteiger partial charge in [-0.25, -0.2) is 4.79 Å². The minimum Gasteiger partial charge on any atom is -0.452 e. The van der Waals surface area contributed by atoms with Crippen LogP contribution in [0.1, 0.15) is 65.2 Å². The van der Waals surface area contributed by atoms with E-state index in [-0.39, 0.29) is 12.5 Å². The number of rotatable bonds is 12. The van der Waals surface area contributed by atoms with Crippen LogP contribution in [-0.2, 0) is 14.3 Å². The van der Waals surface area contributed by atoms with Crippen molar-refractivity contribution in [2.45, 2.75) is 65.2 Å². The summed E-state index contributed by atoms with van der Waals surface area (Å²) in [6.45, 7) is 7.66. The zero-order valence-electron chi connectivity index (χ0n) is 13.0. The minimum absolute atomic E-state index is 0.220. The Bertz CT molecular complexity index is 300. The molecule has 1 amide bonds. The molecule has 0 aliphatic rings. The normalized spacial score (nSPS) is 10.1. The highest BCUT2D eigenvalue weighted by atomic mass is 16.5. The second kappa shape index (κ2) is 12.7. The summed E-state index contributed by atoms with van der Waals surface area (Å²) in [6.07, 6.45) is 9.89. The fourth-order valence-electron chi connectivity index (χ4n) is 1.79. The lowest BCUT2D eigenvalue weighted by Crippen LogP contribution is -2.29. The number of esters is 1. The Balaban J connectivity index is 3.31. The molecule has 0 bridgehead atoms. The van der Waals surface area contributed by atoms with Gasteiger partial charge >= 0.3 is 5.97 Å². The first-order valence-electron chi connectivity index (χ1n) is 7.67. The smallest absolute Gasteiger partial charge is 0.333 e. The van der Waals surface area contributed by atoms with Crippen LogP contribution < -0.4 is 5.32 Å². The van der Waals surface area contributed by atoms with Crippen molar-refractivity contribution in [2.24, 2.45) is 0 Å². The van der Waals surface area contributed by atoms with Crippen LogP contribution in [0.4, 0.5) is 0 Å². The van der Waals surface area contributed by atoms with E-state index in [1.165, 1.54) is 38.5 Å². The molecule has 0 aromatic carbocycles. The molecule has 0 radical (unpaired) electrons. The summed E-state index contributed by atoms with van der Waals surface area (Å²) in [5.74, 6) is -0.769. The van der Waals surface area contributed by atoms with E-state index in [1.54, 1.807) is 6.92 Å². The highest BCUT2D eigenvalue weighted by Gasteiger charge is 2.06. The number of nitrogens with one attached hydrogen (secondary N) is 1. The maximum atomic E-state index is 11.4. The molecule has 1 N–H and O–H groups in total. The van der Waals surface area contributed by atoms with Gasteiger partial charge in [-0.1, -0.05) is 58.4 Å². The van der Waals surface area contributed by atoms with Gasteiger partial charge in [0.15, 0.2) is 6.61 Å². The number of hydrogen-bond donors (Lipinski definition) is 1. The summed E-state index contributed by atoms with van der Waals surface area (Å²) in [4.78, 5) is 22.4. The predicted octanol–water partition coefficient (Wildman–Crippen LogP) is 3.36. The lowest BCUT2D eigenvalue weighted by atomic mass is 10.1. The first-order chi connectivity index (χ1) is 9.57. The third-order valence-electron chi connectivity index (χ3n) is 3.04. The largest absolute Gasteiger partial charge is 0.452 e. The zero-order chi connectivity index (χ0) is 15.2. The zero-order valence-corrected chi connectivity index (χ0v) is 13.0. The first kappa shape index (κ1) is 18.7. The molecule has 4 heteroatoms. The fourth-order valence-corrected chi connectivity index (χ4v) is 1.79. The van der Waals surface area contributed by atoms with E-state index >= 15 is 0 Å². The molecular weight excluding hydrogens is 254 g/mol. The molecule has 0 unspecified atom stereocenters. The summed E-state index contributed by atoms with van der Waals surface area (Å²) in [7, 11) is 0. The van der Waals surface area contributed by atoms with Crippen LogP contribution in [0.15, 0.2) is 12.2 Å². The van der Waals surface area contributed by atoms with Crippen molar-refractivity contribution in [3.8, 4) is 0 Å². The molecule has 0 aliphatic carbocycles. The molecule has 0 atom stereocenters. The number of hydrogen-bond acceptors (Lipinski definition) is 3. The fraction of sp³-hybridized carbons (Fsp3) is 0.750. The van der Waals surface area contributed by atoms with Crippen molar-refractivity contribution in [1.29, 1.82) is 0 Å². The predicted molar refractivity (Wildman–Crippen MR) is 81.4 cm³/mol. The standard InChI is InChI=1S/C16H29NO3/c1-4-5-6-7-8-9-10-11-12-17-15(18)13-20-16(19)14(2)3/h2,4-13H2,1,3H3,(H,17,18). The average Bonchev–Trinajstić information content (AvgIpc) is 2.42. The maximum Gasteiger partial charge on any atom is 0.333 e. The van der Waals surface area contributed by atoms with E-state index < -0.39 is 5.97 Å². The summed E-state index contributed by atoms with van der Waals surface area (Å²) in [6, 6.07) is 0. The molecule has 116 valence electrons. The number of amides is 1. The van der Waals surface area contributed by atoms with E-state index in [9.17, 15) is 9.59 Å². The van der Waals surface area contributed by atoms with Crippen LogP contribution in [0.2, 0.25) is 0 Å². The monoisotopic (exact) mass is 283 g/mol. The minimum atomic E-state index is -0.521. The summed E-state index contributed by atoms with van der Waals surface area (Å²) in [5.41, 5.74) is 0.306. The molecule has 0 spiro atoms. The summed E-state index contributed by atoms with van der Waals surface area (Å²) < 4.78 is 4.75. The van der Waals surface area contributed by atoms with Crippen molar-refractivity contribution in [2.75, 3.05) is 13.2 Å².